The summed E-state index contributed by atoms with van der Waals surface area (Å²) < 4.78 is 22.8. The Labute approximate surface area is 228 Å². The van der Waals surface area contributed by atoms with E-state index >= 15 is 0 Å². The lowest BCUT2D eigenvalue weighted by molar-refractivity contribution is -0.143. The largest absolute Gasteiger partial charge is 0.489 e. The molecule has 0 aliphatic heterocycles. The molecule has 7 nitrogen and oxygen atoms in total. The Morgan fingerprint density at radius 2 is 1.90 bits per heavy atom. The first kappa shape index (κ1) is 26.9. The number of hydrogen-bond donors (Lipinski definition) is 2. The Balaban J connectivity index is 1.39. The SMILES string of the molecule is COCCCOC(=O)Cc1ccccc1OCc1cc(-c2cccc(CN)c2)c2oc(C(O)C3CC3)cc2c1. The van der Waals surface area contributed by atoms with Gasteiger partial charge >= 0.3 is 5.97 Å². The fourth-order valence-corrected chi connectivity index (χ4v) is 4.74. The van der Waals surface area contributed by atoms with Gasteiger partial charge in [-0.25, -0.2) is 0 Å². The first-order valence-electron chi connectivity index (χ1n) is 13.4. The molecular formula is C32H35NO6. The fraction of sp³-hybridized carbons (Fsp3) is 0.344. The van der Waals surface area contributed by atoms with E-state index in [0.717, 1.165) is 51.6 Å². The topological polar surface area (TPSA) is 104 Å². The van der Waals surface area contributed by atoms with Crippen molar-refractivity contribution in [1.82, 2.24) is 0 Å². The molecule has 7 heteroatoms. The summed E-state index contributed by atoms with van der Waals surface area (Å²) in [6.45, 7) is 1.61. The fourth-order valence-electron chi connectivity index (χ4n) is 4.74. The van der Waals surface area contributed by atoms with Gasteiger partial charge in [-0.15, -0.1) is 0 Å². The lowest BCUT2D eigenvalue weighted by Crippen LogP contribution is -2.11. The second-order valence-corrected chi connectivity index (χ2v) is 10.0. The number of carbonyl (C=O) groups excluding carboxylic acids is 1. The molecule has 1 unspecified atom stereocenters. The predicted molar refractivity (Wildman–Crippen MR) is 149 cm³/mol. The summed E-state index contributed by atoms with van der Waals surface area (Å²) in [6.07, 6.45) is 2.23. The van der Waals surface area contributed by atoms with Gasteiger partial charge in [-0.3, -0.25) is 4.79 Å². The average Bonchev–Trinajstić information content (AvgIpc) is 3.72. The highest BCUT2D eigenvalue weighted by Crippen LogP contribution is 2.43. The van der Waals surface area contributed by atoms with Crippen molar-refractivity contribution in [2.45, 2.75) is 44.9 Å². The Hall–Kier alpha value is -3.65. The van der Waals surface area contributed by atoms with Crippen LogP contribution in [-0.4, -0.2) is 31.4 Å². The number of nitrogens with two attached hydrogens (primary N) is 1. The zero-order valence-corrected chi connectivity index (χ0v) is 22.2. The van der Waals surface area contributed by atoms with Crippen molar-refractivity contribution in [1.29, 1.82) is 0 Å². The molecule has 0 bridgehead atoms. The summed E-state index contributed by atoms with van der Waals surface area (Å²) in [5.74, 6) is 1.19. The van der Waals surface area contributed by atoms with Gasteiger partial charge in [-0.05, 0) is 65.8 Å². The van der Waals surface area contributed by atoms with E-state index in [0.29, 0.717) is 44.3 Å². The first-order chi connectivity index (χ1) is 19.1. The van der Waals surface area contributed by atoms with E-state index in [4.69, 9.17) is 24.4 Å². The van der Waals surface area contributed by atoms with Crippen LogP contribution in [0.5, 0.6) is 5.75 Å². The van der Waals surface area contributed by atoms with E-state index in [9.17, 15) is 9.90 Å². The van der Waals surface area contributed by atoms with Crippen molar-refractivity contribution in [2.75, 3.05) is 20.3 Å². The van der Waals surface area contributed by atoms with Gasteiger partial charge < -0.3 is 29.5 Å². The smallest absolute Gasteiger partial charge is 0.310 e. The molecule has 4 aromatic rings. The Morgan fingerprint density at radius 1 is 1.05 bits per heavy atom. The molecule has 39 heavy (non-hydrogen) atoms. The molecule has 1 aliphatic rings. The van der Waals surface area contributed by atoms with Crippen molar-refractivity contribution in [2.24, 2.45) is 11.7 Å². The summed E-state index contributed by atoms with van der Waals surface area (Å²) in [4.78, 5) is 12.4. The number of esters is 1. The zero-order chi connectivity index (χ0) is 27.2. The molecule has 5 rings (SSSR count). The summed E-state index contributed by atoms with van der Waals surface area (Å²) in [6, 6.07) is 21.6. The molecule has 1 aromatic heterocycles. The van der Waals surface area contributed by atoms with Crippen molar-refractivity contribution in [3.05, 3.63) is 89.2 Å². The third-order valence-electron chi connectivity index (χ3n) is 6.99. The number of aliphatic hydroxyl groups is 1. The predicted octanol–water partition coefficient (Wildman–Crippen LogP) is 5.70. The number of carbonyl (C=O) groups is 1. The number of rotatable bonds is 13. The molecule has 1 saturated carbocycles. The Bertz CT molecular complexity index is 1420. The summed E-state index contributed by atoms with van der Waals surface area (Å²) in [5, 5.41) is 11.6. The van der Waals surface area contributed by atoms with Gasteiger partial charge in [0.25, 0.3) is 0 Å². The number of methoxy groups -OCH3 is 1. The van der Waals surface area contributed by atoms with Gasteiger partial charge in [-0.1, -0.05) is 36.4 Å². The highest BCUT2D eigenvalue weighted by Gasteiger charge is 2.33. The average molecular weight is 530 g/mol. The second kappa shape index (κ2) is 12.5. The molecule has 0 radical (unpaired) electrons. The van der Waals surface area contributed by atoms with Crippen LogP contribution in [0.4, 0.5) is 0 Å². The molecule has 0 saturated heterocycles. The molecular weight excluding hydrogens is 494 g/mol. The van der Waals surface area contributed by atoms with Gasteiger partial charge in [0.05, 0.1) is 13.0 Å². The van der Waals surface area contributed by atoms with E-state index in [2.05, 4.69) is 12.1 Å². The number of benzene rings is 3. The van der Waals surface area contributed by atoms with Gasteiger partial charge in [0.15, 0.2) is 0 Å². The number of fused-ring (bicyclic) bond motifs is 1. The van der Waals surface area contributed by atoms with Crippen molar-refractivity contribution >= 4 is 16.9 Å². The van der Waals surface area contributed by atoms with E-state index in [1.54, 1.807) is 7.11 Å². The van der Waals surface area contributed by atoms with Crippen molar-refractivity contribution in [3.63, 3.8) is 0 Å². The van der Waals surface area contributed by atoms with Gasteiger partial charge in [0.1, 0.15) is 29.8 Å². The molecule has 3 aromatic carbocycles. The highest BCUT2D eigenvalue weighted by atomic mass is 16.5. The van der Waals surface area contributed by atoms with Gasteiger partial charge in [0.2, 0.25) is 0 Å². The van der Waals surface area contributed by atoms with Crippen LogP contribution in [0, 0.1) is 5.92 Å². The molecule has 1 atom stereocenters. The molecule has 1 heterocycles. The normalized spacial score (nSPS) is 13.9. The van der Waals surface area contributed by atoms with Gasteiger partial charge in [0, 0.05) is 43.2 Å². The number of aliphatic hydroxyl groups excluding tert-OH is 1. The molecule has 1 fully saturated rings. The standard InChI is InChI=1S/C32H35NO6/c1-36-12-5-13-37-30(34)18-25-7-2-3-9-28(25)38-20-22-15-26-17-29(31(35)23-10-11-23)39-32(26)27(16-22)24-8-4-6-21(14-24)19-33/h2-4,6-9,14-17,23,31,35H,5,10-13,18-20,33H2,1H3. The number of hydrogen-bond acceptors (Lipinski definition) is 7. The maximum absolute atomic E-state index is 12.4. The lowest BCUT2D eigenvalue weighted by atomic mass is 9.99. The third kappa shape index (κ3) is 6.68. The van der Waals surface area contributed by atoms with Crippen LogP contribution < -0.4 is 10.5 Å². The lowest BCUT2D eigenvalue weighted by Gasteiger charge is -2.13. The zero-order valence-electron chi connectivity index (χ0n) is 22.2. The minimum atomic E-state index is -0.596. The second-order valence-electron chi connectivity index (χ2n) is 10.0. The van der Waals surface area contributed by atoms with Crippen molar-refractivity contribution < 1.29 is 28.5 Å². The Kier molecular flexibility index (Phi) is 8.61. The number of furan rings is 1. The summed E-state index contributed by atoms with van der Waals surface area (Å²) in [5.41, 5.74) is 11.3. The van der Waals surface area contributed by atoms with Crippen molar-refractivity contribution in [3.8, 4) is 16.9 Å². The quantitative estimate of drug-likeness (QED) is 0.169. The minimum absolute atomic E-state index is 0.128. The van der Waals surface area contributed by atoms with Crippen LogP contribution in [0.25, 0.3) is 22.1 Å². The minimum Gasteiger partial charge on any atom is -0.489 e. The Morgan fingerprint density at radius 3 is 2.69 bits per heavy atom. The number of ether oxygens (including phenoxy) is 3. The molecule has 0 amide bonds. The number of para-hydroxylation sites is 1. The first-order valence-corrected chi connectivity index (χ1v) is 13.4. The van der Waals surface area contributed by atoms with Crippen LogP contribution in [0.2, 0.25) is 0 Å². The summed E-state index contributed by atoms with van der Waals surface area (Å²) in [7, 11) is 1.62. The van der Waals surface area contributed by atoms with Crippen LogP contribution >= 0.6 is 0 Å². The molecule has 3 N–H and O–H groups in total. The van der Waals surface area contributed by atoms with Crippen LogP contribution in [0.15, 0.2) is 71.1 Å². The summed E-state index contributed by atoms with van der Waals surface area (Å²) >= 11 is 0. The maximum Gasteiger partial charge on any atom is 0.310 e. The van der Waals surface area contributed by atoms with Crippen LogP contribution in [0.3, 0.4) is 0 Å². The highest BCUT2D eigenvalue weighted by molar-refractivity contribution is 5.93. The van der Waals surface area contributed by atoms with E-state index < -0.39 is 6.10 Å². The maximum atomic E-state index is 12.4. The molecule has 204 valence electrons. The third-order valence-corrected chi connectivity index (χ3v) is 6.99. The monoisotopic (exact) mass is 529 g/mol. The van der Waals surface area contributed by atoms with E-state index in [-0.39, 0.29) is 18.3 Å². The molecule has 0 spiro atoms. The van der Waals surface area contributed by atoms with E-state index in [1.807, 2.05) is 54.6 Å². The van der Waals surface area contributed by atoms with E-state index in [1.165, 1.54) is 0 Å². The molecule has 1 aliphatic carbocycles. The van der Waals surface area contributed by atoms with Crippen LogP contribution in [0.1, 0.15) is 47.8 Å². The van der Waals surface area contributed by atoms with Gasteiger partial charge in [-0.2, -0.15) is 0 Å². The van der Waals surface area contributed by atoms with Crippen LogP contribution in [-0.2, 0) is 33.8 Å².